The molecule has 0 aromatic carbocycles. The van der Waals surface area contributed by atoms with Crippen molar-refractivity contribution in [3.63, 3.8) is 0 Å². The van der Waals surface area contributed by atoms with Gasteiger partial charge in [-0.2, -0.15) is 0 Å². The number of hydrogen-bond acceptors (Lipinski definition) is 34. The highest BCUT2D eigenvalue weighted by Crippen LogP contribution is 2.02. The molecule has 0 rings (SSSR count). The Morgan fingerprint density at radius 3 is 0.444 bits per heavy atom. The molecule has 0 radical (unpaired) electrons. The maximum absolute atomic E-state index is 8.77. The van der Waals surface area contributed by atoms with E-state index in [1.54, 1.807) is 14.2 Å². The molecule has 0 fully saturated rings. The van der Waals surface area contributed by atoms with Crippen molar-refractivity contribution >= 4 is 0 Å². The van der Waals surface area contributed by atoms with E-state index in [1.165, 1.54) is 0 Å². The Morgan fingerprint density at radius 1 is 0.139 bits per heavy atom. The van der Waals surface area contributed by atoms with Crippen LogP contribution in [0.15, 0.2) is 0 Å². The first-order chi connectivity index (χ1) is 53.7. The molecule has 34 nitrogen and oxygen atoms in total. The summed E-state index contributed by atoms with van der Waals surface area (Å²) in [7, 11) is 3.30. The normalized spacial score (nSPS) is 11.6. The largest absolute Gasteiger partial charge is 0.396 e. The van der Waals surface area contributed by atoms with Crippen LogP contribution in [0.25, 0.3) is 0 Å². The topological polar surface area (TPSA) is 369 Å². The van der Waals surface area contributed by atoms with Crippen molar-refractivity contribution in [3.8, 4) is 0 Å². The van der Waals surface area contributed by atoms with Gasteiger partial charge in [0.1, 0.15) is 6.10 Å². The van der Waals surface area contributed by atoms with Gasteiger partial charge in [0.25, 0.3) is 0 Å². The molecule has 0 unspecified atom stereocenters. The third-order valence-corrected chi connectivity index (χ3v) is 13.3. The van der Waals surface area contributed by atoms with E-state index in [0.717, 1.165) is 51.4 Å². The van der Waals surface area contributed by atoms with Gasteiger partial charge in [0.05, 0.1) is 251 Å². The van der Waals surface area contributed by atoms with E-state index in [2.05, 4.69) is 0 Å². The quantitative estimate of drug-likeness (QED) is 0.0546. The Labute approximate surface area is 648 Å². The number of rotatable bonds is 98. The second kappa shape index (κ2) is 112. The van der Waals surface area contributed by atoms with E-state index in [0.29, 0.717) is 383 Å². The van der Waals surface area contributed by atoms with Crippen LogP contribution in [-0.2, 0) is 137 Å². The van der Waals surface area contributed by atoms with Gasteiger partial charge in [0.15, 0.2) is 0 Å². The Kier molecular flexibility index (Phi) is 115. The van der Waals surface area contributed by atoms with Crippen LogP contribution >= 0.6 is 0 Å². The first-order valence-electron chi connectivity index (χ1n) is 39.3. The van der Waals surface area contributed by atoms with E-state index in [4.69, 9.17) is 163 Å². The van der Waals surface area contributed by atoms with Crippen molar-refractivity contribution in [3.05, 3.63) is 0 Å². The summed E-state index contributed by atoms with van der Waals surface area (Å²) in [5.74, 6) is 0. The molecule has 0 aliphatic rings. The molecule has 0 spiro atoms. The predicted octanol–water partition coefficient (Wildman–Crippen LogP) is 2.32. The maximum atomic E-state index is 8.77. The summed E-state index contributed by atoms with van der Waals surface area (Å²) >= 11 is 0. The zero-order valence-electron chi connectivity index (χ0n) is 66.9. The van der Waals surface area contributed by atoms with Crippen molar-refractivity contribution in [2.24, 2.45) is 0 Å². The molecule has 654 valence electrons. The number of hydrogen-bond donors (Lipinski definition) is 5. The van der Waals surface area contributed by atoms with Crippen molar-refractivity contribution in [1.82, 2.24) is 0 Å². The van der Waals surface area contributed by atoms with Gasteiger partial charge in [-0.1, -0.05) is 0 Å². The van der Waals surface area contributed by atoms with E-state index >= 15 is 0 Å². The van der Waals surface area contributed by atoms with Crippen LogP contribution in [0.3, 0.4) is 0 Å². The summed E-state index contributed by atoms with van der Waals surface area (Å²) in [5.41, 5.74) is 0. The molecule has 0 bridgehead atoms. The molecular formula is C74H154O34. The van der Waals surface area contributed by atoms with Crippen LogP contribution in [0.4, 0.5) is 0 Å². The van der Waals surface area contributed by atoms with Crippen LogP contribution in [0.1, 0.15) is 70.6 Å². The molecule has 0 saturated carbocycles. The summed E-state index contributed by atoms with van der Waals surface area (Å²) in [5, 5.41) is 43.3. The zero-order chi connectivity index (χ0) is 78.3. The maximum Gasteiger partial charge on any atom is 0.104 e. The van der Waals surface area contributed by atoms with Gasteiger partial charge < -0.3 is 163 Å². The summed E-state index contributed by atoms with van der Waals surface area (Å²) in [6, 6.07) is 0. The molecule has 5 N–H and O–H groups in total. The van der Waals surface area contributed by atoms with Crippen LogP contribution in [0.5, 0.6) is 0 Å². The second-order valence-corrected chi connectivity index (χ2v) is 22.8. The Bertz CT molecular complexity index is 1380. The summed E-state index contributed by atoms with van der Waals surface area (Å²) < 4.78 is 157. The van der Waals surface area contributed by atoms with Crippen molar-refractivity contribution in [1.29, 1.82) is 0 Å². The van der Waals surface area contributed by atoms with Crippen molar-refractivity contribution in [2.75, 3.05) is 411 Å². The minimum absolute atomic E-state index is 0.0243. The molecule has 0 aliphatic heterocycles. The SMILES string of the molecule is COCCOCCOCCOCCOCCOC.OCCCOCCCOCCCOCCCOCC(COCCCOCCCOCCCOCCCO)OCCCOCCCOCCCO.OCCOCCOCCOCCOCCOCCOCCOCCOCCOCCOCCOCCOCCO. The van der Waals surface area contributed by atoms with Crippen molar-refractivity contribution in [2.45, 2.75) is 76.7 Å². The van der Waals surface area contributed by atoms with Crippen LogP contribution < -0.4 is 0 Å². The highest BCUT2D eigenvalue weighted by Gasteiger charge is 2.11. The first kappa shape index (κ1) is 111. The third kappa shape index (κ3) is 113. The smallest absolute Gasteiger partial charge is 0.104 e. The zero-order valence-corrected chi connectivity index (χ0v) is 66.9. The third-order valence-electron chi connectivity index (χ3n) is 13.3. The number of ether oxygens (including phenoxy) is 29. The Morgan fingerprint density at radius 2 is 0.278 bits per heavy atom. The lowest BCUT2D eigenvalue weighted by Crippen LogP contribution is -2.27. The number of aliphatic hydroxyl groups is 5. The lowest BCUT2D eigenvalue weighted by atomic mass is 10.3. The predicted molar refractivity (Wildman–Crippen MR) is 401 cm³/mol. The molecular weight excluding hydrogens is 1430 g/mol. The van der Waals surface area contributed by atoms with Gasteiger partial charge in [-0.05, 0) is 70.6 Å². The molecule has 0 atom stereocenters. The molecule has 0 amide bonds. The number of methoxy groups -OCH3 is 2. The van der Waals surface area contributed by atoms with Crippen LogP contribution in [0, 0.1) is 0 Å². The number of aliphatic hydroxyl groups excluding tert-OH is 5. The second-order valence-electron chi connectivity index (χ2n) is 22.8. The Balaban J connectivity index is -0.00000169. The van der Waals surface area contributed by atoms with E-state index < -0.39 is 0 Å². The molecule has 0 heterocycles. The Hall–Kier alpha value is -1.36. The van der Waals surface area contributed by atoms with Gasteiger partial charge >= 0.3 is 0 Å². The lowest BCUT2D eigenvalue weighted by molar-refractivity contribution is -0.0676. The molecule has 0 saturated heterocycles. The van der Waals surface area contributed by atoms with Gasteiger partial charge in [0.2, 0.25) is 0 Å². The molecule has 0 aliphatic carbocycles. The lowest BCUT2D eigenvalue weighted by Gasteiger charge is -2.18. The highest BCUT2D eigenvalue weighted by molar-refractivity contribution is 4.57. The summed E-state index contributed by atoms with van der Waals surface area (Å²) in [4.78, 5) is 0. The molecule has 108 heavy (non-hydrogen) atoms. The van der Waals surface area contributed by atoms with Gasteiger partial charge in [-0.3, -0.25) is 0 Å². The molecule has 0 aromatic heterocycles. The van der Waals surface area contributed by atoms with E-state index in [-0.39, 0.29) is 39.1 Å². The van der Waals surface area contributed by atoms with Crippen LogP contribution in [-0.4, -0.2) is 442 Å². The molecule has 0 aromatic rings. The van der Waals surface area contributed by atoms with Gasteiger partial charge in [-0.25, -0.2) is 0 Å². The average molecular weight is 1590 g/mol. The minimum Gasteiger partial charge on any atom is -0.396 e. The standard InChI is InChI=1S/C36H74O14.C26H54O14.C12H26O6/c37-12-1-15-40-18-4-21-43-23-7-25-45-28-9-31-48-34-36(50-33-11-30-47-27-6-20-42-17-3-14-39)35-49-32-10-29-46-26-8-24-44-22-5-19-41-16-2-13-38;27-1-3-29-5-7-31-9-11-33-13-15-35-17-19-37-21-23-39-25-26-40-24-22-38-20-18-36-16-14-34-12-10-32-8-6-30-4-2-28;1-13-3-5-15-7-9-17-11-12-18-10-8-16-6-4-14-2/h36-39H,1-35H2;27-28H,1-26H2;3-12H2,1-2H3. The van der Waals surface area contributed by atoms with E-state index in [9.17, 15) is 0 Å². The average Bonchev–Trinajstić information content (AvgIpc) is 1.17. The first-order valence-corrected chi connectivity index (χ1v) is 39.3. The fraction of sp³-hybridized carbons (Fsp3) is 1.00. The summed E-state index contributed by atoms with van der Waals surface area (Å²) in [6.45, 7) is 31.0. The fourth-order valence-electron chi connectivity index (χ4n) is 7.84. The summed E-state index contributed by atoms with van der Waals surface area (Å²) in [6.07, 6.45) is 8.50. The monoisotopic (exact) mass is 1590 g/mol. The molecule has 34 heteroatoms. The van der Waals surface area contributed by atoms with Gasteiger partial charge in [-0.15, -0.1) is 0 Å². The fourth-order valence-corrected chi connectivity index (χ4v) is 7.84. The van der Waals surface area contributed by atoms with Crippen molar-refractivity contribution < 1.29 is 163 Å². The van der Waals surface area contributed by atoms with Gasteiger partial charge in [0, 0.05) is 160 Å². The van der Waals surface area contributed by atoms with Crippen LogP contribution in [0.2, 0.25) is 0 Å². The highest BCUT2D eigenvalue weighted by atomic mass is 16.6. The minimum atomic E-state index is -0.161. The van der Waals surface area contributed by atoms with E-state index in [1.807, 2.05) is 0 Å².